The third kappa shape index (κ3) is 7.54. The van der Waals surface area contributed by atoms with Crippen molar-refractivity contribution in [2.45, 2.75) is 11.8 Å². The van der Waals surface area contributed by atoms with E-state index in [-0.39, 0.29) is 11.8 Å². The molecular weight excluding hydrogens is 929 g/mol. The van der Waals surface area contributed by atoms with E-state index >= 15 is 0 Å². The molecule has 2 atom stereocenters. The van der Waals surface area contributed by atoms with Crippen LogP contribution < -0.4 is 0 Å². The molecule has 9 aromatic carbocycles. The predicted molar refractivity (Wildman–Crippen MR) is 302 cm³/mol. The van der Waals surface area contributed by atoms with Crippen molar-refractivity contribution in [2.75, 3.05) is 0 Å². The Bertz CT molecular complexity index is 4160. The second-order valence-electron chi connectivity index (χ2n) is 19.5. The van der Waals surface area contributed by atoms with Gasteiger partial charge in [-0.1, -0.05) is 170 Å². The average molecular weight is 971 g/mol. The van der Waals surface area contributed by atoms with Gasteiger partial charge in [0.05, 0.1) is 68.6 Å². The van der Waals surface area contributed by atoms with Crippen LogP contribution in [0.15, 0.2) is 243 Å². The van der Waals surface area contributed by atoms with Gasteiger partial charge in [0.1, 0.15) is 0 Å². The maximum absolute atomic E-state index is 5.35. The summed E-state index contributed by atoms with van der Waals surface area (Å²) in [5.41, 5.74) is 24.1. The van der Waals surface area contributed by atoms with Crippen molar-refractivity contribution >= 4 is 22.1 Å². The number of para-hydroxylation sites is 4. The van der Waals surface area contributed by atoms with Gasteiger partial charge in [-0.25, -0.2) is 29.9 Å². The first kappa shape index (κ1) is 43.4. The minimum atomic E-state index is 0.00444. The Morgan fingerprint density at radius 2 is 0.553 bits per heavy atom. The number of fused-ring (bicyclic) bond motifs is 2. The monoisotopic (exact) mass is 970 g/mol. The minimum absolute atomic E-state index is 0.00444. The maximum atomic E-state index is 5.35. The molecule has 3 aliphatic carbocycles. The molecule has 0 amide bonds. The Labute approximate surface area is 438 Å². The average Bonchev–Trinajstić information content (AvgIpc) is 3.56. The van der Waals surface area contributed by atoms with Gasteiger partial charge in [-0.05, 0) is 94.0 Å². The van der Waals surface area contributed by atoms with Crippen LogP contribution in [-0.2, 0) is 0 Å². The molecule has 13 aromatic rings. The number of hydrogen-bond acceptors (Lipinski definition) is 8. The van der Waals surface area contributed by atoms with E-state index in [9.17, 15) is 0 Å². The fourth-order valence-electron chi connectivity index (χ4n) is 11.3. The number of hydrogen-bond donors (Lipinski definition) is 0. The summed E-state index contributed by atoms with van der Waals surface area (Å²) in [4.78, 5) is 40.6. The summed E-state index contributed by atoms with van der Waals surface area (Å²) in [6.45, 7) is 0. The third-order valence-electron chi connectivity index (χ3n) is 14.9. The molecule has 2 unspecified atom stereocenters. The van der Waals surface area contributed by atoms with Gasteiger partial charge in [0.25, 0.3) is 0 Å². The Kier molecular flexibility index (Phi) is 10.2. The molecule has 76 heavy (non-hydrogen) atoms. The molecule has 8 heteroatoms. The summed E-state index contributed by atoms with van der Waals surface area (Å²) in [5, 5.41) is 0. The highest BCUT2D eigenvalue weighted by molar-refractivity contribution is 5.82. The van der Waals surface area contributed by atoms with Crippen LogP contribution in [0.3, 0.4) is 0 Å². The lowest BCUT2D eigenvalue weighted by atomic mass is 9.61. The molecule has 0 radical (unpaired) electrons. The van der Waals surface area contributed by atoms with Crippen LogP contribution in [0.25, 0.3) is 112 Å². The lowest BCUT2D eigenvalue weighted by Crippen LogP contribution is -2.27. The second kappa shape index (κ2) is 17.8. The molecule has 0 saturated carbocycles. The lowest BCUT2D eigenvalue weighted by Gasteiger charge is -2.42. The molecule has 354 valence electrons. The van der Waals surface area contributed by atoms with E-state index in [1.54, 1.807) is 0 Å². The highest BCUT2D eigenvalue weighted by Crippen LogP contribution is 2.56. The summed E-state index contributed by atoms with van der Waals surface area (Å²) in [5.74, 6) is 1.35. The van der Waals surface area contributed by atoms with Gasteiger partial charge in [0, 0.05) is 56.3 Å². The highest BCUT2D eigenvalue weighted by atomic mass is 14.9. The first-order chi connectivity index (χ1) is 37.6. The van der Waals surface area contributed by atoms with Gasteiger partial charge >= 0.3 is 0 Å². The van der Waals surface area contributed by atoms with E-state index in [1.165, 1.54) is 33.4 Å². The first-order valence-corrected chi connectivity index (χ1v) is 25.5. The van der Waals surface area contributed by atoms with E-state index < -0.39 is 0 Å². The van der Waals surface area contributed by atoms with E-state index in [0.717, 1.165) is 101 Å². The Balaban J connectivity index is 0.825. The Morgan fingerprint density at radius 3 is 0.987 bits per heavy atom. The Morgan fingerprint density at radius 1 is 0.211 bits per heavy atom. The van der Waals surface area contributed by atoms with E-state index in [2.05, 4.69) is 170 Å². The standard InChI is InChI=1S/C68H42N8/c1-3-15-41(16-4-1)59-37-61(43-19-13-21-45(33-43)63-39-69-55-25-9-11-27-57(55)71-63)75-67(73-59)47-29-31-51-53(35-47)65-49-23-7-8-24-50(49)66(51)54-36-48(30-32-52(54)65)68-74-60(42-17-5-2-6-18-42)38-62(76-68)44-20-14-22-46(34-44)64-40-70-56-26-10-12-28-58(56)72-64/h1-40,65-66H. The smallest absolute Gasteiger partial charge is 0.160 e. The quantitative estimate of drug-likeness (QED) is 0.148. The minimum Gasteiger partial charge on any atom is -0.252 e. The molecule has 0 fully saturated rings. The number of rotatable bonds is 8. The van der Waals surface area contributed by atoms with E-state index in [0.29, 0.717) is 11.6 Å². The van der Waals surface area contributed by atoms with Crippen molar-refractivity contribution < 1.29 is 0 Å². The summed E-state index contributed by atoms with van der Waals surface area (Å²) in [6.07, 6.45) is 3.69. The van der Waals surface area contributed by atoms with Gasteiger partial charge in [-0.15, -0.1) is 0 Å². The van der Waals surface area contributed by atoms with Gasteiger partial charge in [-0.2, -0.15) is 0 Å². The maximum Gasteiger partial charge on any atom is 0.160 e. The summed E-state index contributed by atoms with van der Waals surface area (Å²) in [7, 11) is 0. The molecule has 4 aromatic heterocycles. The van der Waals surface area contributed by atoms with Crippen molar-refractivity contribution in [2.24, 2.45) is 0 Å². The van der Waals surface area contributed by atoms with E-state index in [1.807, 2.05) is 73.1 Å². The van der Waals surface area contributed by atoms with Gasteiger partial charge in [0.2, 0.25) is 0 Å². The fourth-order valence-corrected chi connectivity index (χ4v) is 11.3. The zero-order valence-corrected chi connectivity index (χ0v) is 40.8. The largest absolute Gasteiger partial charge is 0.252 e. The third-order valence-corrected chi connectivity index (χ3v) is 14.9. The van der Waals surface area contributed by atoms with Crippen LogP contribution in [0.2, 0.25) is 0 Å². The molecule has 4 heterocycles. The fraction of sp³-hybridized carbons (Fsp3) is 0.0294. The van der Waals surface area contributed by atoms with Crippen molar-refractivity contribution in [3.05, 3.63) is 276 Å². The Hall–Kier alpha value is -10.2. The van der Waals surface area contributed by atoms with Crippen LogP contribution in [-0.4, -0.2) is 39.9 Å². The zero-order valence-electron chi connectivity index (χ0n) is 40.8. The van der Waals surface area contributed by atoms with Crippen molar-refractivity contribution in [1.82, 2.24) is 39.9 Å². The van der Waals surface area contributed by atoms with E-state index in [4.69, 9.17) is 39.9 Å². The lowest BCUT2D eigenvalue weighted by molar-refractivity contribution is 0.754. The van der Waals surface area contributed by atoms with Crippen LogP contribution in [0.5, 0.6) is 0 Å². The van der Waals surface area contributed by atoms with Gasteiger partial charge in [-0.3, -0.25) is 9.97 Å². The molecule has 8 nitrogen and oxygen atoms in total. The summed E-state index contributed by atoms with van der Waals surface area (Å²) >= 11 is 0. The molecule has 3 aliphatic rings. The molecule has 0 N–H and O–H groups in total. The van der Waals surface area contributed by atoms with Gasteiger partial charge < -0.3 is 0 Å². The summed E-state index contributed by atoms with van der Waals surface area (Å²) in [6, 6.07) is 80.3. The SMILES string of the molecule is c1ccc(-c2cc(-c3cccc(-c4cnc5ccccc5n4)c3)nc(-c3ccc4c(c3)C3c5ccccc5C4c4cc(-c5nc(-c6ccccc6)cc(-c6cccc(-c7cnc8ccccc8n7)c6)n5)ccc43)n2)cc1. The number of aromatic nitrogens is 8. The second-order valence-corrected chi connectivity index (χ2v) is 19.5. The van der Waals surface area contributed by atoms with Crippen molar-refractivity contribution in [1.29, 1.82) is 0 Å². The zero-order chi connectivity index (χ0) is 50.1. The van der Waals surface area contributed by atoms with Crippen molar-refractivity contribution in [3.8, 4) is 90.3 Å². The van der Waals surface area contributed by atoms with Crippen LogP contribution in [0.1, 0.15) is 45.2 Å². The molecule has 2 bridgehead atoms. The van der Waals surface area contributed by atoms with Crippen LogP contribution in [0, 0.1) is 0 Å². The molecule has 0 spiro atoms. The normalized spacial score (nSPS) is 14.1. The summed E-state index contributed by atoms with van der Waals surface area (Å²) < 4.78 is 0. The molecule has 0 aliphatic heterocycles. The topological polar surface area (TPSA) is 103 Å². The highest BCUT2D eigenvalue weighted by Gasteiger charge is 2.41. The number of nitrogens with zero attached hydrogens (tertiary/aromatic N) is 8. The van der Waals surface area contributed by atoms with Crippen LogP contribution >= 0.6 is 0 Å². The predicted octanol–water partition coefficient (Wildman–Crippen LogP) is 15.5. The molecule has 16 rings (SSSR count). The molecule has 0 saturated heterocycles. The van der Waals surface area contributed by atoms with Crippen LogP contribution in [0.4, 0.5) is 0 Å². The first-order valence-electron chi connectivity index (χ1n) is 25.5. The molecular formula is C68H42N8. The number of benzene rings is 9. The van der Waals surface area contributed by atoms with Gasteiger partial charge in [0.15, 0.2) is 11.6 Å². The van der Waals surface area contributed by atoms with Crippen molar-refractivity contribution in [3.63, 3.8) is 0 Å².